The van der Waals surface area contributed by atoms with E-state index in [-0.39, 0.29) is 45.0 Å². The van der Waals surface area contributed by atoms with Gasteiger partial charge in [0.05, 0.1) is 6.42 Å². The molecule has 0 fully saturated rings. The number of hydrogen-bond acceptors (Lipinski definition) is 7. The van der Waals surface area contributed by atoms with E-state index in [1.165, 1.54) is 0 Å². The van der Waals surface area contributed by atoms with Crippen molar-refractivity contribution < 1.29 is 33.4 Å². The monoisotopic (exact) mass is 588 g/mol. The fourth-order valence-corrected chi connectivity index (χ4v) is 4.09. The maximum absolute atomic E-state index is 13.0. The number of hydrogen-bond donors (Lipinski definition) is 2. The van der Waals surface area contributed by atoms with Crippen molar-refractivity contribution in [3.63, 3.8) is 0 Å². The molecule has 0 unspecified atom stereocenters. The van der Waals surface area contributed by atoms with Gasteiger partial charge in [0.1, 0.15) is 25.0 Å². The molecule has 43 heavy (non-hydrogen) atoms. The average Bonchev–Trinajstić information content (AvgIpc) is 3.04. The van der Waals surface area contributed by atoms with Crippen molar-refractivity contribution in [2.75, 3.05) is 13.2 Å². The van der Waals surface area contributed by atoms with Gasteiger partial charge < -0.3 is 24.8 Å². The van der Waals surface area contributed by atoms with Crippen molar-refractivity contribution in [2.45, 2.75) is 64.7 Å². The molecule has 2 amide bonds. The van der Waals surface area contributed by atoms with Gasteiger partial charge in [-0.25, -0.2) is 4.79 Å². The van der Waals surface area contributed by atoms with Crippen LogP contribution < -0.4 is 15.4 Å². The van der Waals surface area contributed by atoms with Crippen molar-refractivity contribution in [1.82, 2.24) is 10.6 Å². The first-order valence-corrected chi connectivity index (χ1v) is 14.6. The molecule has 0 saturated heterocycles. The van der Waals surface area contributed by atoms with E-state index in [4.69, 9.17) is 14.2 Å². The first kappa shape index (κ1) is 32.8. The summed E-state index contributed by atoms with van der Waals surface area (Å²) in [7, 11) is 0. The first-order valence-electron chi connectivity index (χ1n) is 14.6. The number of carbonyl (C=O) groups is 4. The smallest absolute Gasteiger partial charge is 0.344 e. The van der Waals surface area contributed by atoms with Gasteiger partial charge in [-0.2, -0.15) is 0 Å². The highest BCUT2D eigenvalue weighted by Gasteiger charge is 2.22. The fourth-order valence-electron chi connectivity index (χ4n) is 4.09. The van der Waals surface area contributed by atoms with E-state index in [0.717, 1.165) is 36.0 Å². The van der Waals surface area contributed by atoms with E-state index in [1.807, 2.05) is 60.7 Å². The fraction of sp³-hybridized carbons (Fsp3) is 0.353. The van der Waals surface area contributed by atoms with Crippen molar-refractivity contribution in [1.29, 1.82) is 0 Å². The van der Waals surface area contributed by atoms with Crippen LogP contribution >= 0.6 is 0 Å². The molecule has 0 heterocycles. The molecule has 3 aromatic rings. The number of amides is 2. The quantitative estimate of drug-likeness (QED) is 0.164. The molecule has 0 aromatic heterocycles. The minimum absolute atomic E-state index is 0.0939. The Labute approximate surface area is 252 Å². The average molecular weight is 589 g/mol. The van der Waals surface area contributed by atoms with E-state index in [1.54, 1.807) is 24.3 Å². The Balaban J connectivity index is 1.48. The maximum Gasteiger partial charge on any atom is 0.344 e. The zero-order valence-electron chi connectivity index (χ0n) is 24.6. The van der Waals surface area contributed by atoms with Crippen LogP contribution in [0, 0.1) is 0 Å². The molecule has 0 spiro atoms. The maximum atomic E-state index is 13.0. The molecule has 0 radical (unpaired) electrons. The topological polar surface area (TPSA) is 120 Å². The molecule has 2 N–H and O–H groups in total. The Bertz CT molecular complexity index is 1280. The Morgan fingerprint density at radius 2 is 1.30 bits per heavy atom. The minimum Gasteiger partial charge on any atom is -0.482 e. The molecule has 0 bridgehead atoms. The molecule has 228 valence electrons. The van der Waals surface area contributed by atoms with Crippen LogP contribution in [0.15, 0.2) is 84.9 Å². The second kappa shape index (κ2) is 18.7. The van der Waals surface area contributed by atoms with Crippen LogP contribution in [0.3, 0.4) is 0 Å². The molecular weight excluding hydrogens is 548 g/mol. The van der Waals surface area contributed by atoms with E-state index in [2.05, 4.69) is 17.6 Å². The highest BCUT2D eigenvalue weighted by Crippen LogP contribution is 2.14. The largest absolute Gasteiger partial charge is 0.482 e. The lowest BCUT2D eigenvalue weighted by Crippen LogP contribution is -2.48. The van der Waals surface area contributed by atoms with Crippen molar-refractivity contribution in [3.05, 3.63) is 102 Å². The highest BCUT2D eigenvalue weighted by molar-refractivity contribution is 5.89. The van der Waals surface area contributed by atoms with E-state index >= 15 is 0 Å². The van der Waals surface area contributed by atoms with Gasteiger partial charge >= 0.3 is 11.9 Å². The summed E-state index contributed by atoms with van der Waals surface area (Å²) in [5, 5.41) is 5.66. The molecule has 0 aliphatic rings. The number of carbonyl (C=O) groups excluding carboxylic acids is 4. The second-order valence-electron chi connectivity index (χ2n) is 10.0. The molecule has 0 saturated carbocycles. The summed E-state index contributed by atoms with van der Waals surface area (Å²) in [5.74, 6) is -1.21. The van der Waals surface area contributed by atoms with Crippen LogP contribution in [0.25, 0.3) is 0 Å². The zero-order valence-corrected chi connectivity index (χ0v) is 24.6. The Hall–Kier alpha value is -4.66. The number of esters is 2. The minimum atomic E-state index is -0.825. The number of rotatable bonds is 18. The third kappa shape index (κ3) is 13.2. The van der Waals surface area contributed by atoms with E-state index in [0.29, 0.717) is 12.3 Å². The number of nitrogens with one attached hydrogen (secondary N) is 2. The van der Waals surface area contributed by atoms with Gasteiger partial charge in [0.15, 0.2) is 6.61 Å². The Morgan fingerprint density at radius 3 is 1.91 bits per heavy atom. The van der Waals surface area contributed by atoms with E-state index in [9.17, 15) is 19.2 Å². The molecule has 3 aromatic carbocycles. The first-order chi connectivity index (χ1) is 20.9. The third-order valence-corrected chi connectivity index (χ3v) is 6.49. The van der Waals surface area contributed by atoms with Gasteiger partial charge in [0, 0.05) is 19.4 Å². The summed E-state index contributed by atoms with van der Waals surface area (Å²) in [6.45, 7) is 2.66. The lowest BCUT2D eigenvalue weighted by molar-refractivity contribution is -0.147. The summed E-state index contributed by atoms with van der Waals surface area (Å²) in [4.78, 5) is 49.8. The second-order valence-corrected chi connectivity index (χ2v) is 10.0. The molecule has 3 rings (SSSR count). The molecule has 9 heteroatoms. The van der Waals surface area contributed by atoms with Crippen LogP contribution in [0.2, 0.25) is 0 Å². The predicted molar refractivity (Wildman–Crippen MR) is 162 cm³/mol. The molecular formula is C34H40N2O7. The zero-order chi connectivity index (χ0) is 30.7. The normalized spacial score (nSPS) is 11.2. The van der Waals surface area contributed by atoms with E-state index < -0.39 is 23.9 Å². The standard InChI is InChI=1S/C34H40N2O7/c1-2-3-10-21-35-34(40)30(36-31(37)19-20-32(38)42-23-27-11-6-4-7-12-27)22-26-15-17-29(18-16-26)41-25-33(39)43-24-28-13-8-5-9-14-28/h4-9,11-18,30H,2-3,10,19-25H2,1H3,(H,35,40)(H,36,37)/t30-/m0/s1. The predicted octanol–water partition coefficient (Wildman–Crippen LogP) is 4.67. The van der Waals surface area contributed by atoms with Crippen LogP contribution in [0.1, 0.15) is 55.7 Å². The number of ether oxygens (including phenoxy) is 3. The Morgan fingerprint density at radius 1 is 0.698 bits per heavy atom. The number of unbranched alkanes of at least 4 members (excludes halogenated alkanes) is 2. The van der Waals surface area contributed by atoms with Crippen LogP contribution in [-0.2, 0) is 48.3 Å². The number of benzene rings is 3. The summed E-state index contributed by atoms with van der Waals surface area (Å²) in [6, 6.07) is 24.8. The molecule has 9 nitrogen and oxygen atoms in total. The molecule has 1 atom stereocenters. The van der Waals surface area contributed by atoms with Crippen molar-refractivity contribution in [2.24, 2.45) is 0 Å². The van der Waals surface area contributed by atoms with Crippen LogP contribution in [0.5, 0.6) is 5.75 Å². The lowest BCUT2D eigenvalue weighted by Gasteiger charge is -2.19. The van der Waals surface area contributed by atoms with Crippen molar-refractivity contribution >= 4 is 23.8 Å². The van der Waals surface area contributed by atoms with Gasteiger partial charge in [0.25, 0.3) is 0 Å². The van der Waals surface area contributed by atoms with Crippen LogP contribution in [0.4, 0.5) is 0 Å². The van der Waals surface area contributed by atoms with Gasteiger partial charge in [-0.3, -0.25) is 14.4 Å². The van der Waals surface area contributed by atoms with Gasteiger partial charge in [0.2, 0.25) is 11.8 Å². The molecule has 0 aliphatic carbocycles. The Kier molecular flexibility index (Phi) is 14.3. The van der Waals surface area contributed by atoms with Gasteiger partial charge in [-0.1, -0.05) is 92.6 Å². The lowest BCUT2D eigenvalue weighted by atomic mass is 10.0. The van der Waals surface area contributed by atoms with Crippen molar-refractivity contribution in [3.8, 4) is 5.75 Å². The SMILES string of the molecule is CCCCCNC(=O)[C@H](Cc1ccc(OCC(=O)OCc2ccccc2)cc1)NC(=O)CCC(=O)OCc1ccccc1. The van der Waals surface area contributed by atoms with Crippen LogP contribution in [-0.4, -0.2) is 42.9 Å². The van der Waals surface area contributed by atoms with Gasteiger partial charge in [-0.15, -0.1) is 0 Å². The molecule has 0 aliphatic heterocycles. The summed E-state index contributed by atoms with van der Waals surface area (Å²) < 4.78 is 16.0. The van der Waals surface area contributed by atoms with Gasteiger partial charge in [-0.05, 0) is 35.2 Å². The highest BCUT2D eigenvalue weighted by atomic mass is 16.6. The summed E-state index contributed by atoms with van der Waals surface area (Å²) in [5.41, 5.74) is 2.54. The summed E-state index contributed by atoms with van der Waals surface area (Å²) in [6.07, 6.45) is 2.90. The third-order valence-electron chi connectivity index (χ3n) is 6.49. The summed E-state index contributed by atoms with van der Waals surface area (Å²) >= 11 is 0.